The van der Waals surface area contributed by atoms with Gasteiger partial charge in [0.1, 0.15) is 11.4 Å². The van der Waals surface area contributed by atoms with Crippen molar-refractivity contribution in [3.63, 3.8) is 0 Å². The lowest BCUT2D eigenvalue weighted by Gasteiger charge is -2.34. The van der Waals surface area contributed by atoms with Crippen molar-refractivity contribution in [3.05, 3.63) is 23.9 Å². The monoisotopic (exact) mass is 263 g/mol. The molecule has 0 aliphatic carbocycles. The fraction of sp³-hybridized carbons (Fsp3) is 0.571. The third-order valence-electron chi connectivity index (χ3n) is 3.50. The summed E-state index contributed by atoms with van der Waals surface area (Å²) in [5, 5.41) is 3.22. The third kappa shape index (κ3) is 3.23. The average molecular weight is 263 g/mol. The highest BCUT2D eigenvalue weighted by Crippen LogP contribution is 2.24. The van der Waals surface area contributed by atoms with E-state index in [2.05, 4.69) is 15.2 Å². The molecule has 0 radical (unpaired) electrons. The number of ether oxygens (including phenoxy) is 1. The number of nitrogens with zero attached hydrogens (tertiary/aromatic N) is 2. The van der Waals surface area contributed by atoms with E-state index in [1.807, 2.05) is 7.05 Å². The molecule has 1 fully saturated rings. The van der Waals surface area contributed by atoms with E-state index in [-0.39, 0.29) is 5.97 Å². The minimum Gasteiger partial charge on any atom is -0.465 e. The predicted octanol–water partition coefficient (Wildman–Crippen LogP) is 1.30. The number of carbonyl (C=O) groups excluding carboxylic acids is 1. The summed E-state index contributed by atoms with van der Waals surface area (Å²) >= 11 is 0. The lowest BCUT2D eigenvalue weighted by molar-refractivity contribution is 0.0601. The number of hydrogen-bond acceptors (Lipinski definition) is 5. The smallest absolute Gasteiger partial charge is 0.341 e. The molecule has 5 nitrogen and oxygen atoms in total. The lowest BCUT2D eigenvalue weighted by atomic mass is 9.97. The van der Waals surface area contributed by atoms with Crippen LogP contribution in [0.25, 0.3) is 0 Å². The zero-order valence-electron chi connectivity index (χ0n) is 11.6. The summed E-state index contributed by atoms with van der Waals surface area (Å²) in [6.07, 6.45) is 4.07. The number of esters is 1. The van der Waals surface area contributed by atoms with Gasteiger partial charge in [-0.25, -0.2) is 9.78 Å². The first kappa shape index (κ1) is 13.8. The van der Waals surface area contributed by atoms with Crippen LogP contribution in [0, 0.1) is 5.92 Å². The second kappa shape index (κ2) is 6.52. The standard InChI is InChI=1S/C14H21N3O2/c1-15-9-11-5-4-8-17(10-11)13-12(14(18)19-2)6-3-7-16-13/h3,6-7,11,15H,4-5,8-10H2,1-2H3. The number of carbonyl (C=O) groups is 1. The summed E-state index contributed by atoms with van der Waals surface area (Å²) in [6.45, 7) is 2.87. The lowest BCUT2D eigenvalue weighted by Crippen LogP contribution is -2.40. The van der Waals surface area contributed by atoms with Gasteiger partial charge in [0.2, 0.25) is 0 Å². The van der Waals surface area contributed by atoms with Crippen molar-refractivity contribution in [1.29, 1.82) is 0 Å². The molecular weight excluding hydrogens is 242 g/mol. The normalized spacial score (nSPS) is 19.3. The summed E-state index contributed by atoms with van der Waals surface area (Å²) in [6, 6.07) is 3.54. The highest BCUT2D eigenvalue weighted by Gasteiger charge is 2.24. The van der Waals surface area contributed by atoms with Crippen LogP contribution >= 0.6 is 0 Å². The first-order valence-corrected chi connectivity index (χ1v) is 6.69. The van der Waals surface area contributed by atoms with Gasteiger partial charge < -0.3 is 15.0 Å². The predicted molar refractivity (Wildman–Crippen MR) is 74.4 cm³/mol. The SMILES string of the molecule is CNCC1CCCN(c2ncccc2C(=O)OC)C1. The summed E-state index contributed by atoms with van der Waals surface area (Å²) < 4.78 is 4.82. The molecule has 1 unspecified atom stereocenters. The Hall–Kier alpha value is -1.62. The molecule has 1 saturated heterocycles. The molecule has 0 aromatic carbocycles. The van der Waals surface area contributed by atoms with Crippen LogP contribution in [0.3, 0.4) is 0 Å². The number of hydrogen-bond donors (Lipinski definition) is 1. The van der Waals surface area contributed by atoms with Crippen LogP contribution < -0.4 is 10.2 Å². The Bertz CT molecular complexity index is 434. The summed E-state index contributed by atoms with van der Waals surface area (Å²) in [5.41, 5.74) is 0.551. The van der Waals surface area contributed by atoms with E-state index >= 15 is 0 Å². The molecule has 2 heterocycles. The number of pyridine rings is 1. The van der Waals surface area contributed by atoms with Crippen LogP contribution in [0.15, 0.2) is 18.3 Å². The summed E-state index contributed by atoms with van der Waals surface area (Å²) in [7, 11) is 3.37. The Balaban J connectivity index is 2.19. The van der Waals surface area contributed by atoms with E-state index in [0.29, 0.717) is 11.5 Å². The van der Waals surface area contributed by atoms with Crippen molar-refractivity contribution in [3.8, 4) is 0 Å². The molecule has 1 aliphatic rings. The Morgan fingerprint density at radius 2 is 2.47 bits per heavy atom. The zero-order chi connectivity index (χ0) is 13.7. The minimum absolute atomic E-state index is 0.321. The van der Waals surface area contributed by atoms with Crippen molar-refractivity contribution in [2.75, 3.05) is 38.7 Å². The molecule has 1 aromatic rings. The molecule has 0 spiro atoms. The number of anilines is 1. The van der Waals surface area contributed by atoms with Gasteiger partial charge in [-0.05, 0) is 44.5 Å². The van der Waals surface area contributed by atoms with Crippen molar-refractivity contribution < 1.29 is 9.53 Å². The van der Waals surface area contributed by atoms with Crippen molar-refractivity contribution in [1.82, 2.24) is 10.3 Å². The molecular formula is C14H21N3O2. The molecule has 104 valence electrons. The molecule has 1 aromatic heterocycles. The molecule has 2 rings (SSSR count). The van der Waals surface area contributed by atoms with Crippen LogP contribution in [0.4, 0.5) is 5.82 Å². The van der Waals surface area contributed by atoms with Crippen molar-refractivity contribution >= 4 is 11.8 Å². The second-order valence-corrected chi connectivity index (χ2v) is 4.88. The quantitative estimate of drug-likeness (QED) is 0.830. The molecule has 0 saturated carbocycles. The number of methoxy groups -OCH3 is 1. The van der Waals surface area contributed by atoms with E-state index in [0.717, 1.165) is 31.9 Å². The maximum Gasteiger partial charge on any atom is 0.341 e. The first-order chi connectivity index (χ1) is 9.26. The van der Waals surface area contributed by atoms with Gasteiger partial charge in [0.15, 0.2) is 0 Å². The van der Waals surface area contributed by atoms with E-state index in [4.69, 9.17) is 4.74 Å². The number of nitrogens with one attached hydrogen (secondary N) is 1. The molecule has 1 atom stereocenters. The van der Waals surface area contributed by atoms with Crippen LogP contribution in [0.2, 0.25) is 0 Å². The van der Waals surface area contributed by atoms with Crippen molar-refractivity contribution in [2.45, 2.75) is 12.8 Å². The van der Waals surface area contributed by atoms with E-state index in [1.54, 1.807) is 18.3 Å². The van der Waals surface area contributed by atoms with Gasteiger partial charge in [-0.2, -0.15) is 0 Å². The Morgan fingerprint density at radius 1 is 1.63 bits per heavy atom. The molecule has 0 amide bonds. The highest BCUT2D eigenvalue weighted by molar-refractivity contribution is 5.94. The third-order valence-corrected chi connectivity index (χ3v) is 3.50. The Labute approximate surface area is 114 Å². The molecule has 5 heteroatoms. The van der Waals surface area contributed by atoms with E-state index < -0.39 is 0 Å². The maximum atomic E-state index is 11.8. The fourth-order valence-electron chi connectivity index (χ4n) is 2.63. The van der Waals surface area contributed by atoms with Gasteiger partial charge in [-0.15, -0.1) is 0 Å². The Morgan fingerprint density at radius 3 is 3.21 bits per heavy atom. The Kier molecular flexibility index (Phi) is 4.74. The van der Waals surface area contributed by atoms with Gasteiger partial charge in [0, 0.05) is 19.3 Å². The second-order valence-electron chi connectivity index (χ2n) is 4.88. The van der Waals surface area contributed by atoms with Crippen LogP contribution in [-0.2, 0) is 4.74 Å². The molecule has 0 bridgehead atoms. The van der Waals surface area contributed by atoms with Gasteiger partial charge in [-0.3, -0.25) is 0 Å². The average Bonchev–Trinajstić information content (AvgIpc) is 2.47. The van der Waals surface area contributed by atoms with Crippen LogP contribution in [0.1, 0.15) is 23.2 Å². The first-order valence-electron chi connectivity index (χ1n) is 6.69. The van der Waals surface area contributed by atoms with E-state index in [9.17, 15) is 4.79 Å². The summed E-state index contributed by atoms with van der Waals surface area (Å²) in [4.78, 5) is 18.3. The van der Waals surface area contributed by atoms with Gasteiger partial charge >= 0.3 is 5.97 Å². The highest BCUT2D eigenvalue weighted by atomic mass is 16.5. The molecule has 1 aliphatic heterocycles. The zero-order valence-corrected chi connectivity index (χ0v) is 11.6. The largest absolute Gasteiger partial charge is 0.465 e. The molecule has 1 N–H and O–H groups in total. The van der Waals surface area contributed by atoms with Crippen molar-refractivity contribution in [2.24, 2.45) is 5.92 Å². The summed E-state index contributed by atoms with van der Waals surface area (Å²) in [5.74, 6) is 1.03. The number of piperidine rings is 1. The van der Waals surface area contributed by atoms with Crippen LogP contribution in [-0.4, -0.2) is 44.7 Å². The number of rotatable bonds is 4. The topological polar surface area (TPSA) is 54.5 Å². The maximum absolute atomic E-state index is 11.8. The molecule has 19 heavy (non-hydrogen) atoms. The van der Waals surface area contributed by atoms with Gasteiger partial charge in [0.25, 0.3) is 0 Å². The minimum atomic E-state index is -0.321. The van der Waals surface area contributed by atoms with Gasteiger partial charge in [0.05, 0.1) is 7.11 Å². The van der Waals surface area contributed by atoms with Crippen LogP contribution in [0.5, 0.6) is 0 Å². The van der Waals surface area contributed by atoms with Gasteiger partial charge in [-0.1, -0.05) is 0 Å². The fourth-order valence-corrected chi connectivity index (χ4v) is 2.63. The number of aromatic nitrogens is 1. The van der Waals surface area contributed by atoms with E-state index in [1.165, 1.54) is 13.5 Å².